The highest BCUT2D eigenvalue weighted by molar-refractivity contribution is 5.95. The minimum atomic E-state index is -0.408. The summed E-state index contributed by atoms with van der Waals surface area (Å²) in [5.74, 6) is -0.608. The fourth-order valence-electron chi connectivity index (χ4n) is 1.37. The zero-order chi connectivity index (χ0) is 12.8. The molecule has 1 aromatic carbocycles. The average molecular weight is 233 g/mol. The molecule has 1 rings (SSSR count). The van der Waals surface area contributed by atoms with Gasteiger partial charge in [-0.15, -0.1) is 0 Å². The van der Waals surface area contributed by atoms with Gasteiger partial charge in [-0.05, 0) is 24.6 Å². The maximum atomic E-state index is 11.5. The molecule has 0 aliphatic rings. The van der Waals surface area contributed by atoms with E-state index in [0.29, 0.717) is 17.9 Å². The lowest BCUT2D eigenvalue weighted by Crippen LogP contribution is -2.10. The summed E-state index contributed by atoms with van der Waals surface area (Å²) in [5.41, 5.74) is 1.72. The van der Waals surface area contributed by atoms with Gasteiger partial charge in [-0.25, -0.2) is 4.79 Å². The minimum Gasteiger partial charge on any atom is -0.462 e. The van der Waals surface area contributed by atoms with Crippen LogP contribution in [0.4, 0.5) is 5.69 Å². The quantitative estimate of drug-likeness (QED) is 0.813. The van der Waals surface area contributed by atoms with Crippen LogP contribution in [0.1, 0.15) is 29.8 Å². The molecular formula is C13H15NO3. The second-order valence-corrected chi connectivity index (χ2v) is 3.41. The van der Waals surface area contributed by atoms with Crippen molar-refractivity contribution >= 4 is 23.6 Å². The molecule has 0 aromatic heterocycles. The van der Waals surface area contributed by atoms with Crippen molar-refractivity contribution in [3.63, 3.8) is 0 Å². The summed E-state index contributed by atoms with van der Waals surface area (Å²) in [5, 5.41) is 2.64. The monoisotopic (exact) mass is 233 g/mol. The molecule has 0 bridgehead atoms. The number of hydrogen-bond acceptors (Lipinski definition) is 3. The van der Waals surface area contributed by atoms with Crippen LogP contribution in [-0.4, -0.2) is 18.5 Å². The Morgan fingerprint density at radius 3 is 2.71 bits per heavy atom. The Balaban J connectivity index is 3.07. The summed E-state index contributed by atoms with van der Waals surface area (Å²) in [4.78, 5) is 22.5. The number of esters is 1. The molecule has 0 saturated carbocycles. The van der Waals surface area contributed by atoms with Gasteiger partial charge in [0.1, 0.15) is 0 Å². The van der Waals surface area contributed by atoms with Crippen LogP contribution in [0.15, 0.2) is 24.8 Å². The van der Waals surface area contributed by atoms with Crippen molar-refractivity contribution in [3.8, 4) is 0 Å². The van der Waals surface area contributed by atoms with E-state index in [0.717, 1.165) is 5.56 Å². The van der Waals surface area contributed by atoms with Crippen molar-refractivity contribution in [3.05, 3.63) is 35.9 Å². The summed E-state index contributed by atoms with van der Waals surface area (Å²) >= 11 is 0. The van der Waals surface area contributed by atoms with E-state index in [1.54, 1.807) is 31.2 Å². The summed E-state index contributed by atoms with van der Waals surface area (Å²) in [7, 11) is 0. The van der Waals surface area contributed by atoms with E-state index in [1.807, 2.05) is 0 Å². The number of carbonyl (C=O) groups is 2. The first kappa shape index (κ1) is 13.0. The van der Waals surface area contributed by atoms with E-state index in [-0.39, 0.29) is 5.91 Å². The highest BCUT2D eigenvalue weighted by atomic mass is 16.5. The lowest BCUT2D eigenvalue weighted by molar-refractivity contribution is -0.114. The van der Waals surface area contributed by atoms with Gasteiger partial charge in [0.05, 0.1) is 12.2 Å². The van der Waals surface area contributed by atoms with Gasteiger partial charge < -0.3 is 10.1 Å². The van der Waals surface area contributed by atoms with Gasteiger partial charge in [-0.1, -0.05) is 18.7 Å². The predicted octanol–water partition coefficient (Wildman–Crippen LogP) is 2.46. The van der Waals surface area contributed by atoms with Gasteiger partial charge in [0, 0.05) is 12.6 Å². The lowest BCUT2D eigenvalue weighted by Gasteiger charge is -2.09. The zero-order valence-corrected chi connectivity index (χ0v) is 9.95. The number of amides is 1. The molecule has 0 radical (unpaired) electrons. The fourth-order valence-corrected chi connectivity index (χ4v) is 1.37. The molecule has 4 heteroatoms. The van der Waals surface area contributed by atoms with Crippen molar-refractivity contribution in [1.82, 2.24) is 0 Å². The first-order valence-corrected chi connectivity index (χ1v) is 5.29. The number of carbonyl (C=O) groups excluding carboxylic acids is 2. The van der Waals surface area contributed by atoms with E-state index in [9.17, 15) is 9.59 Å². The molecular weight excluding hydrogens is 218 g/mol. The molecule has 0 aliphatic heterocycles. The second kappa shape index (κ2) is 5.84. The van der Waals surface area contributed by atoms with Crippen LogP contribution in [0.25, 0.3) is 6.08 Å². The molecule has 0 spiro atoms. The third-order valence-electron chi connectivity index (χ3n) is 2.10. The molecule has 0 atom stereocenters. The molecule has 1 N–H and O–H groups in total. The number of ether oxygens (including phenoxy) is 1. The van der Waals surface area contributed by atoms with E-state index in [1.165, 1.54) is 6.92 Å². The third kappa shape index (κ3) is 3.45. The van der Waals surface area contributed by atoms with E-state index in [4.69, 9.17) is 4.74 Å². The van der Waals surface area contributed by atoms with Crippen LogP contribution in [0.2, 0.25) is 0 Å². The Hall–Kier alpha value is -2.10. The number of nitrogens with one attached hydrogen (secondary N) is 1. The van der Waals surface area contributed by atoms with Crippen LogP contribution in [0, 0.1) is 0 Å². The smallest absolute Gasteiger partial charge is 0.338 e. The second-order valence-electron chi connectivity index (χ2n) is 3.41. The number of hydrogen-bond donors (Lipinski definition) is 1. The van der Waals surface area contributed by atoms with Gasteiger partial charge in [-0.2, -0.15) is 0 Å². The maximum Gasteiger partial charge on any atom is 0.338 e. The van der Waals surface area contributed by atoms with Crippen molar-refractivity contribution in [2.75, 3.05) is 11.9 Å². The molecule has 0 fully saturated rings. The van der Waals surface area contributed by atoms with Crippen LogP contribution in [-0.2, 0) is 9.53 Å². The number of rotatable bonds is 4. The number of benzene rings is 1. The summed E-state index contributed by atoms with van der Waals surface area (Å²) in [6.07, 6.45) is 1.61. The van der Waals surface area contributed by atoms with Gasteiger partial charge in [0.15, 0.2) is 0 Å². The largest absolute Gasteiger partial charge is 0.462 e. The molecule has 0 saturated heterocycles. The molecule has 1 aromatic rings. The number of anilines is 1. The molecule has 0 unspecified atom stereocenters. The predicted molar refractivity (Wildman–Crippen MR) is 66.8 cm³/mol. The van der Waals surface area contributed by atoms with Crippen LogP contribution >= 0.6 is 0 Å². The summed E-state index contributed by atoms with van der Waals surface area (Å²) in [6.45, 7) is 7.11. The van der Waals surface area contributed by atoms with E-state index < -0.39 is 5.97 Å². The molecule has 1 amide bonds. The van der Waals surface area contributed by atoms with E-state index >= 15 is 0 Å². The Kier molecular flexibility index (Phi) is 4.46. The Labute approximate surface area is 100 Å². The van der Waals surface area contributed by atoms with Crippen LogP contribution < -0.4 is 5.32 Å². The molecule has 17 heavy (non-hydrogen) atoms. The van der Waals surface area contributed by atoms with Crippen molar-refractivity contribution in [1.29, 1.82) is 0 Å². The zero-order valence-electron chi connectivity index (χ0n) is 9.95. The normalized spacial score (nSPS) is 9.53. The van der Waals surface area contributed by atoms with E-state index in [2.05, 4.69) is 11.9 Å². The summed E-state index contributed by atoms with van der Waals surface area (Å²) < 4.78 is 4.88. The van der Waals surface area contributed by atoms with Crippen LogP contribution in [0.3, 0.4) is 0 Å². The standard InChI is InChI=1S/C13H15NO3/c1-4-10-6-7-11(13(16)17-5-2)8-12(10)14-9(3)15/h4,6-8H,1,5H2,2-3H3,(H,14,15). The lowest BCUT2D eigenvalue weighted by atomic mass is 10.1. The molecule has 0 aliphatic carbocycles. The summed E-state index contributed by atoms with van der Waals surface area (Å²) in [6, 6.07) is 4.93. The van der Waals surface area contributed by atoms with Gasteiger partial charge >= 0.3 is 5.97 Å². The maximum absolute atomic E-state index is 11.5. The molecule has 90 valence electrons. The topological polar surface area (TPSA) is 55.4 Å². The van der Waals surface area contributed by atoms with Crippen molar-refractivity contribution in [2.45, 2.75) is 13.8 Å². The SMILES string of the molecule is C=Cc1ccc(C(=O)OCC)cc1NC(C)=O. The van der Waals surface area contributed by atoms with Crippen molar-refractivity contribution in [2.24, 2.45) is 0 Å². The Morgan fingerprint density at radius 1 is 1.47 bits per heavy atom. The first-order valence-electron chi connectivity index (χ1n) is 5.29. The average Bonchev–Trinajstić information content (AvgIpc) is 2.28. The first-order chi connectivity index (χ1) is 8.08. The molecule has 0 heterocycles. The Bertz CT molecular complexity index is 452. The van der Waals surface area contributed by atoms with Crippen LogP contribution in [0.5, 0.6) is 0 Å². The van der Waals surface area contributed by atoms with Gasteiger partial charge in [0.2, 0.25) is 5.91 Å². The molecule has 4 nitrogen and oxygen atoms in total. The minimum absolute atomic E-state index is 0.200. The van der Waals surface area contributed by atoms with Gasteiger partial charge in [0.25, 0.3) is 0 Å². The van der Waals surface area contributed by atoms with Gasteiger partial charge in [-0.3, -0.25) is 4.79 Å². The third-order valence-corrected chi connectivity index (χ3v) is 2.10. The van der Waals surface area contributed by atoms with Crippen molar-refractivity contribution < 1.29 is 14.3 Å². The fraction of sp³-hybridized carbons (Fsp3) is 0.231. The highest BCUT2D eigenvalue weighted by Gasteiger charge is 2.09. The highest BCUT2D eigenvalue weighted by Crippen LogP contribution is 2.19. The Morgan fingerprint density at radius 2 is 2.18 bits per heavy atom.